The number of nitrogens with two attached hydrogens (primary N) is 1. The Kier molecular flexibility index (Phi) is 1.81. The number of rotatable bonds is 1. The number of nitrogens with zero attached hydrogens (tertiary/aromatic N) is 2. The molecule has 0 amide bonds. The first-order valence-corrected chi connectivity index (χ1v) is 4.37. The first kappa shape index (κ1) is 8.26. The standard InChI is InChI=1S/C10H13N3/c1-7-3-4-13-9(8(2)11)6-12-10(13)5-7/h3-6,8H,11H2,1-2H3. The van der Waals surface area contributed by atoms with Crippen molar-refractivity contribution in [3.8, 4) is 0 Å². The van der Waals surface area contributed by atoms with Crippen LogP contribution in [0.3, 0.4) is 0 Å². The lowest BCUT2D eigenvalue weighted by molar-refractivity contribution is 0.769. The third-order valence-corrected chi connectivity index (χ3v) is 2.16. The van der Waals surface area contributed by atoms with E-state index in [4.69, 9.17) is 5.73 Å². The largest absolute Gasteiger partial charge is 0.323 e. The first-order chi connectivity index (χ1) is 6.18. The van der Waals surface area contributed by atoms with Gasteiger partial charge >= 0.3 is 0 Å². The Balaban J connectivity index is 2.69. The van der Waals surface area contributed by atoms with Crippen molar-refractivity contribution in [2.24, 2.45) is 5.73 Å². The molecule has 0 fully saturated rings. The van der Waals surface area contributed by atoms with E-state index in [1.165, 1.54) is 5.56 Å². The fraction of sp³-hybridized carbons (Fsp3) is 0.300. The molecule has 3 heteroatoms. The Labute approximate surface area is 77.2 Å². The van der Waals surface area contributed by atoms with Crippen molar-refractivity contribution in [2.45, 2.75) is 19.9 Å². The highest BCUT2D eigenvalue weighted by Gasteiger charge is 2.05. The van der Waals surface area contributed by atoms with E-state index in [-0.39, 0.29) is 6.04 Å². The van der Waals surface area contributed by atoms with Gasteiger partial charge in [-0.15, -0.1) is 0 Å². The van der Waals surface area contributed by atoms with Crippen LogP contribution in [0.15, 0.2) is 24.5 Å². The molecule has 0 aromatic carbocycles. The quantitative estimate of drug-likeness (QED) is 0.716. The zero-order valence-electron chi connectivity index (χ0n) is 7.86. The molecule has 2 N–H and O–H groups in total. The van der Waals surface area contributed by atoms with Gasteiger partial charge in [-0.25, -0.2) is 4.98 Å². The molecule has 0 aliphatic heterocycles. The summed E-state index contributed by atoms with van der Waals surface area (Å²) in [7, 11) is 0. The zero-order valence-corrected chi connectivity index (χ0v) is 7.86. The number of aryl methyl sites for hydroxylation is 1. The fourth-order valence-electron chi connectivity index (χ4n) is 1.44. The molecule has 0 radical (unpaired) electrons. The number of hydrogen-bond donors (Lipinski definition) is 1. The van der Waals surface area contributed by atoms with Crippen molar-refractivity contribution in [3.05, 3.63) is 35.8 Å². The van der Waals surface area contributed by atoms with Crippen LogP contribution in [-0.4, -0.2) is 9.38 Å². The van der Waals surface area contributed by atoms with E-state index in [0.717, 1.165) is 11.3 Å². The molecule has 0 spiro atoms. The number of fused-ring (bicyclic) bond motifs is 1. The summed E-state index contributed by atoms with van der Waals surface area (Å²) in [5.74, 6) is 0. The van der Waals surface area contributed by atoms with Gasteiger partial charge in [-0.1, -0.05) is 0 Å². The lowest BCUT2D eigenvalue weighted by atomic mass is 10.2. The van der Waals surface area contributed by atoms with Crippen molar-refractivity contribution in [1.29, 1.82) is 0 Å². The van der Waals surface area contributed by atoms with E-state index in [1.807, 2.05) is 29.8 Å². The first-order valence-electron chi connectivity index (χ1n) is 4.37. The van der Waals surface area contributed by atoms with E-state index < -0.39 is 0 Å². The molecule has 13 heavy (non-hydrogen) atoms. The summed E-state index contributed by atoms with van der Waals surface area (Å²) in [4.78, 5) is 4.28. The molecule has 2 aromatic rings. The van der Waals surface area contributed by atoms with Crippen LogP contribution >= 0.6 is 0 Å². The van der Waals surface area contributed by atoms with Gasteiger partial charge in [-0.3, -0.25) is 0 Å². The molecule has 0 saturated heterocycles. The molecule has 2 rings (SSSR count). The Morgan fingerprint density at radius 3 is 3.00 bits per heavy atom. The normalized spacial score (nSPS) is 13.5. The Morgan fingerprint density at radius 1 is 1.54 bits per heavy atom. The Bertz CT molecular complexity index is 429. The molecule has 0 aliphatic carbocycles. The van der Waals surface area contributed by atoms with Crippen LogP contribution < -0.4 is 5.73 Å². The van der Waals surface area contributed by atoms with Crippen LogP contribution in [-0.2, 0) is 0 Å². The second-order valence-electron chi connectivity index (χ2n) is 3.40. The maximum atomic E-state index is 5.80. The van der Waals surface area contributed by atoms with Crippen LogP contribution in [0.4, 0.5) is 0 Å². The molecule has 68 valence electrons. The maximum absolute atomic E-state index is 5.80. The van der Waals surface area contributed by atoms with Crippen molar-refractivity contribution in [1.82, 2.24) is 9.38 Å². The van der Waals surface area contributed by atoms with E-state index in [0.29, 0.717) is 0 Å². The number of imidazole rings is 1. The minimum Gasteiger partial charge on any atom is -0.323 e. The van der Waals surface area contributed by atoms with Crippen molar-refractivity contribution in [3.63, 3.8) is 0 Å². The van der Waals surface area contributed by atoms with Crippen LogP contribution in [0.5, 0.6) is 0 Å². The van der Waals surface area contributed by atoms with Crippen LogP contribution in [0.25, 0.3) is 5.65 Å². The molecular weight excluding hydrogens is 162 g/mol. The monoisotopic (exact) mass is 175 g/mol. The van der Waals surface area contributed by atoms with Crippen molar-refractivity contribution in [2.75, 3.05) is 0 Å². The van der Waals surface area contributed by atoms with E-state index >= 15 is 0 Å². The van der Waals surface area contributed by atoms with Gasteiger partial charge < -0.3 is 10.1 Å². The highest BCUT2D eigenvalue weighted by atomic mass is 15.0. The van der Waals surface area contributed by atoms with Crippen molar-refractivity contribution < 1.29 is 0 Å². The van der Waals surface area contributed by atoms with Gasteiger partial charge in [0.25, 0.3) is 0 Å². The van der Waals surface area contributed by atoms with Crippen LogP contribution in [0.1, 0.15) is 24.2 Å². The van der Waals surface area contributed by atoms with Gasteiger partial charge in [-0.05, 0) is 31.5 Å². The van der Waals surface area contributed by atoms with Gasteiger partial charge in [0.05, 0.1) is 11.9 Å². The predicted molar refractivity (Wildman–Crippen MR) is 52.5 cm³/mol. The lowest BCUT2D eigenvalue weighted by Gasteiger charge is -2.04. The topological polar surface area (TPSA) is 43.3 Å². The molecule has 0 aliphatic rings. The van der Waals surface area contributed by atoms with Gasteiger partial charge in [0.2, 0.25) is 0 Å². The minimum absolute atomic E-state index is 0.0257. The fourth-order valence-corrected chi connectivity index (χ4v) is 1.44. The van der Waals surface area contributed by atoms with Gasteiger partial charge in [-0.2, -0.15) is 0 Å². The average molecular weight is 175 g/mol. The number of aromatic nitrogens is 2. The molecule has 2 aromatic heterocycles. The lowest BCUT2D eigenvalue weighted by Crippen LogP contribution is -2.07. The van der Waals surface area contributed by atoms with Crippen LogP contribution in [0.2, 0.25) is 0 Å². The highest BCUT2D eigenvalue weighted by Crippen LogP contribution is 2.13. The maximum Gasteiger partial charge on any atom is 0.137 e. The summed E-state index contributed by atoms with van der Waals surface area (Å²) < 4.78 is 2.03. The zero-order chi connectivity index (χ0) is 9.42. The second kappa shape index (κ2) is 2.85. The molecule has 0 bridgehead atoms. The Hall–Kier alpha value is -1.35. The molecule has 2 heterocycles. The second-order valence-corrected chi connectivity index (χ2v) is 3.40. The van der Waals surface area contributed by atoms with E-state index in [9.17, 15) is 0 Å². The third kappa shape index (κ3) is 1.31. The number of hydrogen-bond acceptors (Lipinski definition) is 2. The molecule has 1 unspecified atom stereocenters. The molecule has 1 atom stereocenters. The summed E-state index contributed by atoms with van der Waals surface area (Å²) in [6, 6.07) is 4.13. The van der Waals surface area contributed by atoms with Gasteiger partial charge in [0.15, 0.2) is 0 Å². The third-order valence-electron chi connectivity index (χ3n) is 2.16. The van der Waals surface area contributed by atoms with E-state index in [1.54, 1.807) is 0 Å². The summed E-state index contributed by atoms with van der Waals surface area (Å²) >= 11 is 0. The van der Waals surface area contributed by atoms with Crippen molar-refractivity contribution >= 4 is 5.65 Å². The summed E-state index contributed by atoms with van der Waals surface area (Å²) in [6.07, 6.45) is 3.84. The summed E-state index contributed by atoms with van der Waals surface area (Å²) in [6.45, 7) is 4.02. The van der Waals surface area contributed by atoms with E-state index in [2.05, 4.69) is 18.0 Å². The molecular formula is C10H13N3. The average Bonchev–Trinajstić information content (AvgIpc) is 2.46. The smallest absolute Gasteiger partial charge is 0.137 e. The highest BCUT2D eigenvalue weighted by molar-refractivity contribution is 5.43. The molecule has 3 nitrogen and oxygen atoms in total. The van der Waals surface area contributed by atoms with Gasteiger partial charge in [0.1, 0.15) is 5.65 Å². The van der Waals surface area contributed by atoms with Crippen LogP contribution in [0, 0.1) is 6.92 Å². The molecule has 0 saturated carbocycles. The van der Waals surface area contributed by atoms with Gasteiger partial charge in [0, 0.05) is 12.2 Å². The predicted octanol–water partition coefficient (Wildman–Crippen LogP) is 1.66. The minimum atomic E-state index is 0.0257. The number of pyridine rings is 1. The summed E-state index contributed by atoms with van der Waals surface area (Å²) in [5, 5.41) is 0. The Morgan fingerprint density at radius 2 is 2.31 bits per heavy atom. The summed E-state index contributed by atoms with van der Waals surface area (Å²) in [5.41, 5.74) is 9.03. The SMILES string of the molecule is Cc1ccn2c(C(C)N)cnc2c1.